The van der Waals surface area contributed by atoms with Crippen molar-refractivity contribution in [2.24, 2.45) is 0 Å². The summed E-state index contributed by atoms with van der Waals surface area (Å²) < 4.78 is 8.57. The molecule has 2 aliphatic rings. The quantitative estimate of drug-likeness (QED) is 0.170. The van der Waals surface area contributed by atoms with Crippen molar-refractivity contribution < 1.29 is 4.42 Å². The number of anilines is 2. The van der Waals surface area contributed by atoms with E-state index in [-0.39, 0.29) is 0 Å². The molecular formula is C54H38N2O. The van der Waals surface area contributed by atoms with Gasteiger partial charge in [0.15, 0.2) is 0 Å². The minimum atomic E-state index is 0.920. The number of benzene rings is 7. The van der Waals surface area contributed by atoms with Gasteiger partial charge in [-0.3, -0.25) is 0 Å². The van der Waals surface area contributed by atoms with Crippen molar-refractivity contribution in [1.29, 1.82) is 0 Å². The molecule has 270 valence electrons. The lowest BCUT2D eigenvalue weighted by Crippen LogP contribution is -2.18. The minimum absolute atomic E-state index is 0.920. The number of nitrogens with zero attached hydrogens (tertiary/aromatic N) is 2. The molecule has 0 bridgehead atoms. The predicted molar refractivity (Wildman–Crippen MR) is 240 cm³/mol. The number of furan rings is 1. The second-order valence-electron chi connectivity index (χ2n) is 15.5. The third-order valence-electron chi connectivity index (χ3n) is 12.4. The zero-order valence-electron chi connectivity index (χ0n) is 31.5. The lowest BCUT2D eigenvalue weighted by molar-refractivity contribution is 0.669. The Morgan fingerprint density at radius 1 is 0.439 bits per heavy atom. The molecule has 0 aliphatic heterocycles. The van der Waals surface area contributed by atoms with Crippen LogP contribution in [0.25, 0.3) is 82.3 Å². The van der Waals surface area contributed by atoms with Crippen LogP contribution >= 0.6 is 0 Å². The average molecular weight is 731 g/mol. The van der Waals surface area contributed by atoms with E-state index in [9.17, 15) is 0 Å². The number of hydrogen-bond acceptors (Lipinski definition) is 2. The van der Waals surface area contributed by atoms with E-state index in [1.165, 1.54) is 77.2 Å². The second kappa shape index (κ2) is 12.7. The van der Waals surface area contributed by atoms with Crippen LogP contribution in [-0.2, 0) is 0 Å². The van der Waals surface area contributed by atoms with E-state index in [1.807, 2.05) is 12.1 Å². The Morgan fingerprint density at radius 3 is 1.79 bits per heavy atom. The fourth-order valence-electron chi connectivity index (χ4n) is 9.56. The molecule has 3 aromatic heterocycles. The highest BCUT2D eigenvalue weighted by Gasteiger charge is 2.21. The Morgan fingerprint density at radius 2 is 1.05 bits per heavy atom. The van der Waals surface area contributed by atoms with Crippen molar-refractivity contribution in [2.75, 3.05) is 4.90 Å². The largest absolute Gasteiger partial charge is 0.456 e. The van der Waals surface area contributed by atoms with Gasteiger partial charge in [-0.15, -0.1) is 0 Å². The van der Waals surface area contributed by atoms with Crippen LogP contribution in [0.1, 0.15) is 25.7 Å². The van der Waals surface area contributed by atoms with Crippen LogP contribution in [0.5, 0.6) is 0 Å². The summed E-state index contributed by atoms with van der Waals surface area (Å²) in [6.45, 7) is 0. The van der Waals surface area contributed by atoms with Gasteiger partial charge in [0.1, 0.15) is 11.2 Å². The maximum absolute atomic E-state index is 6.12. The van der Waals surface area contributed by atoms with E-state index in [0.29, 0.717) is 0 Å². The monoisotopic (exact) mass is 730 g/mol. The van der Waals surface area contributed by atoms with Crippen LogP contribution in [0.3, 0.4) is 0 Å². The van der Waals surface area contributed by atoms with Crippen molar-refractivity contribution in [2.45, 2.75) is 25.7 Å². The molecule has 0 fully saturated rings. The first kappa shape index (κ1) is 32.2. The van der Waals surface area contributed by atoms with Gasteiger partial charge < -0.3 is 13.7 Å². The molecule has 0 amide bonds. The van der Waals surface area contributed by atoms with Gasteiger partial charge in [0.05, 0.1) is 16.6 Å². The summed E-state index contributed by atoms with van der Waals surface area (Å²) in [5.74, 6) is 0. The van der Waals surface area contributed by atoms with Gasteiger partial charge in [-0.25, -0.2) is 0 Å². The van der Waals surface area contributed by atoms with E-state index in [2.05, 4.69) is 179 Å². The molecule has 3 nitrogen and oxygen atoms in total. The molecule has 0 spiro atoms. The highest BCUT2D eigenvalue weighted by Crippen LogP contribution is 2.42. The first-order valence-corrected chi connectivity index (χ1v) is 20.1. The Balaban J connectivity index is 0.921. The zero-order valence-corrected chi connectivity index (χ0v) is 31.5. The van der Waals surface area contributed by atoms with E-state index >= 15 is 0 Å². The van der Waals surface area contributed by atoms with Crippen molar-refractivity contribution in [1.82, 2.24) is 4.40 Å². The van der Waals surface area contributed by atoms with Crippen LogP contribution in [0.4, 0.5) is 11.4 Å². The first-order chi connectivity index (χ1) is 28.2. The number of fused-ring (bicyclic) bond motifs is 9. The van der Waals surface area contributed by atoms with Crippen molar-refractivity contribution in [3.63, 3.8) is 0 Å². The molecule has 2 aliphatic carbocycles. The molecule has 0 atom stereocenters. The molecule has 0 unspecified atom stereocenters. The van der Waals surface area contributed by atoms with Gasteiger partial charge in [-0.2, -0.15) is 0 Å². The fraction of sp³-hybridized carbons (Fsp3) is 0.0741. The normalized spacial score (nSPS) is 14.6. The van der Waals surface area contributed by atoms with Gasteiger partial charge in [0, 0.05) is 49.4 Å². The molecule has 0 saturated heterocycles. The molecule has 3 heterocycles. The molecule has 12 rings (SSSR count). The molecule has 0 radical (unpaired) electrons. The Labute approximate surface area is 330 Å². The highest BCUT2D eigenvalue weighted by atomic mass is 16.3. The number of para-hydroxylation sites is 3. The van der Waals surface area contributed by atoms with Crippen LogP contribution in [-0.4, -0.2) is 4.40 Å². The lowest BCUT2D eigenvalue weighted by atomic mass is 9.90. The molecule has 0 saturated carbocycles. The standard InChI is InChI=1S/C54H38N2O/c1-2-9-35(10-3-1)36-17-25-41(26-18-36)55(43-29-21-38(22-30-43)40-24-32-53-49(34-40)45-12-5-7-16-52(45)57-53)42-27-19-37(20-28-42)39-23-31-51-48(33-39)47-14-8-13-46-44-11-4-6-15-50(44)56(51)54(46)47/h1-2,4-9,11-17,19-25,27-34H,3,10,18,26H2. The van der Waals surface area contributed by atoms with Crippen LogP contribution < -0.4 is 4.90 Å². The summed E-state index contributed by atoms with van der Waals surface area (Å²) in [4.78, 5) is 2.45. The van der Waals surface area contributed by atoms with Crippen molar-refractivity contribution in [3.05, 3.63) is 199 Å². The lowest BCUT2D eigenvalue weighted by Gasteiger charge is -2.30. The summed E-state index contributed by atoms with van der Waals surface area (Å²) in [5.41, 5.74) is 17.0. The Kier molecular flexibility index (Phi) is 7.18. The predicted octanol–water partition coefficient (Wildman–Crippen LogP) is 15.1. The molecule has 10 aromatic rings. The van der Waals surface area contributed by atoms with Gasteiger partial charge in [-0.05, 0) is 126 Å². The van der Waals surface area contributed by atoms with Crippen molar-refractivity contribution >= 4 is 71.4 Å². The van der Waals surface area contributed by atoms with Crippen molar-refractivity contribution in [3.8, 4) is 22.3 Å². The number of aromatic nitrogens is 1. The van der Waals surface area contributed by atoms with Gasteiger partial charge in [0.2, 0.25) is 0 Å². The Bertz CT molecular complexity index is 3330. The summed E-state index contributed by atoms with van der Waals surface area (Å²) >= 11 is 0. The molecule has 3 heteroatoms. The van der Waals surface area contributed by atoms with Crippen LogP contribution in [0.2, 0.25) is 0 Å². The summed E-state index contributed by atoms with van der Waals surface area (Å²) in [7, 11) is 0. The summed E-state index contributed by atoms with van der Waals surface area (Å²) in [6.07, 6.45) is 15.7. The minimum Gasteiger partial charge on any atom is -0.456 e. The third kappa shape index (κ3) is 5.12. The molecule has 0 N–H and O–H groups in total. The van der Waals surface area contributed by atoms with E-state index in [1.54, 1.807) is 0 Å². The Hall–Kier alpha value is -7.10. The maximum Gasteiger partial charge on any atom is 0.135 e. The topological polar surface area (TPSA) is 20.8 Å². The number of allylic oxidation sites excluding steroid dienone is 8. The van der Waals surface area contributed by atoms with Gasteiger partial charge >= 0.3 is 0 Å². The first-order valence-electron chi connectivity index (χ1n) is 20.1. The molecule has 7 aromatic carbocycles. The van der Waals surface area contributed by atoms with Crippen LogP contribution in [0.15, 0.2) is 203 Å². The zero-order chi connectivity index (χ0) is 37.5. The van der Waals surface area contributed by atoms with E-state index in [0.717, 1.165) is 59.0 Å². The molecular weight excluding hydrogens is 693 g/mol. The van der Waals surface area contributed by atoms with Crippen LogP contribution in [0, 0.1) is 0 Å². The highest BCUT2D eigenvalue weighted by molar-refractivity contribution is 6.23. The van der Waals surface area contributed by atoms with E-state index < -0.39 is 0 Å². The number of hydrogen-bond donors (Lipinski definition) is 0. The SMILES string of the molecule is C1=CCCC(C2=CC=C(N(c3ccc(-c4ccc5oc6ccccc6c5c4)cc3)c3ccc(-c4ccc5c(c4)c4cccc6c7ccccc7n5c64)cc3)CC2)=C1. The maximum atomic E-state index is 6.12. The van der Waals surface area contributed by atoms with Gasteiger partial charge in [-0.1, -0.05) is 115 Å². The average Bonchev–Trinajstić information content (AvgIpc) is 3.94. The summed E-state index contributed by atoms with van der Waals surface area (Å²) in [5, 5.41) is 7.53. The third-order valence-corrected chi connectivity index (χ3v) is 12.4. The van der Waals surface area contributed by atoms with E-state index in [4.69, 9.17) is 4.42 Å². The fourth-order valence-corrected chi connectivity index (χ4v) is 9.56. The second-order valence-corrected chi connectivity index (χ2v) is 15.5. The summed E-state index contributed by atoms with van der Waals surface area (Å²) in [6, 6.07) is 55.5. The number of rotatable bonds is 6. The smallest absolute Gasteiger partial charge is 0.135 e. The van der Waals surface area contributed by atoms with Gasteiger partial charge in [0.25, 0.3) is 0 Å². The molecule has 57 heavy (non-hydrogen) atoms.